The van der Waals surface area contributed by atoms with E-state index in [9.17, 15) is 9.59 Å². The lowest BCUT2D eigenvalue weighted by Gasteiger charge is -2.24. The number of nitrogens with zero attached hydrogens (tertiary/aromatic N) is 1. The van der Waals surface area contributed by atoms with Crippen LogP contribution in [-0.2, 0) is 4.79 Å². The zero-order chi connectivity index (χ0) is 16.4. The molecule has 1 heterocycles. The van der Waals surface area contributed by atoms with Crippen molar-refractivity contribution in [2.24, 2.45) is 0 Å². The van der Waals surface area contributed by atoms with Crippen molar-refractivity contribution < 1.29 is 14.3 Å². The van der Waals surface area contributed by atoms with Crippen molar-refractivity contribution in [1.29, 1.82) is 0 Å². The highest BCUT2D eigenvalue weighted by atomic mass is 32.2. The second kappa shape index (κ2) is 6.46. The zero-order valence-electron chi connectivity index (χ0n) is 13.0. The first-order chi connectivity index (χ1) is 11.1. The number of carbonyl (C=O) groups is 2. The van der Waals surface area contributed by atoms with E-state index in [1.54, 1.807) is 35.9 Å². The summed E-state index contributed by atoms with van der Waals surface area (Å²) in [6.07, 6.45) is 0. The molecule has 23 heavy (non-hydrogen) atoms. The van der Waals surface area contributed by atoms with Gasteiger partial charge in [0.2, 0.25) is 5.91 Å². The third-order valence-corrected chi connectivity index (χ3v) is 5.03. The second-order valence-corrected chi connectivity index (χ2v) is 6.37. The smallest absolute Gasteiger partial charge is 0.238 e. The molecule has 4 nitrogen and oxygen atoms in total. The van der Waals surface area contributed by atoms with Gasteiger partial charge in [-0.25, -0.2) is 0 Å². The van der Waals surface area contributed by atoms with E-state index in [4.69, 9.17) is 4.74 Å². The summed E-state index contributed by atoms with van der Waals surface area (Å²) in [6.45, 7) is 1.53. The number of benzene rings is 2. The number of rotatable bonds is 4. The number of methoxy groups -OCH3 is 1. The van der Waals surface area contributed by atoms with Crippen molar-refractivity contribution in [3.63, 3.8) is 0 Å². The normalized spacial score (nSPS) is 17.4. The summed E-state index contributed by atoms with van der Waals surface area (Å²) in [5, 5.41) is -0.0587. The van der Waals surface area contributed by atoms with E-state index in [1.807, 2.05) is 36.4 Å². The molecule has 1 aliphatic rings. The van der Waals surface area contributed by atoms with E-state index < -0.39 is 0 Å². The summed E-state index contributed by atoms with van der Waals surface area (Å²) in [5.74, 6) is 1.34. The summed E-state index contributed by atoms with van der Waals surface area (Å²) >= 11 is 1.60. The van der Waals surface area contributed by atoms with Crippen LogP contribution >= 0.6 is 11.8 Å². The Morgan fingerprint density at radius 3 is 2.35 bits per heavy atom. The summed E-state index contributed by atoms with van der Waals surface area (Å²) < 4.78 is 5.18. The van der Waals surface area contributed by atoms with Gasteiger partial charge >= 0.3 is 0 Å². The average molecular weight is 327 g/mol. The van der Waals surface area contributed by atoms with Crippen molar-refractivity contribution >= 4 is 29.1 Å². The monoisotopic (exact) mass is 327 g/mol. The van der Waals surface area contributed by atoms with Crippen LogP contribution < -0.4 is 9.64 Å². The number of ketones is 1. The fourth-order valence-electron chi connectivity index (χ4n) is 2.58. The Hall–Kier alpha value is -2.27. The van der Waals surface area contributed by atoms with Crippen LogP contribution in [0.3, 0.4) is 0 Å². The maximum absolute atomic E-state index is 12.3. The second-order valence-electron chi connectivity index (χ2n) is 5.30. The number of carbonyl (C=O) groups excluding carboxylic acids is 2. The average Bonchev–Trinajstić information content (AvgIpc) is 2.96. The van der Waals surface area contributed by atoms with Crippen molar-refractivity contribution in [3.8, 4) is 5.75 Å². The Balaban J connectivity index is 1.91. The molecule has 0 aromatic heterocycles. The standard InChI is InChI=1S/C18H17NO3S/c1-12(20)13-3-7-15(8-4-13)19-17(21)11-23-18(19)14-5-9-16(22-2)10-6-14/h3-10,18H,11H2,1-2H3. The predicted molar refractivity (Wildman–Crippen MR) is 92.1 cm³/mol. The molecule has 1 unspecified atom stereocenters. The fraction of sp³-hybridized carbons (Fsp3) is 0.222. The Labute approximate surface area is 139 Å². The van der Waals surface area contributed by atoms with E-state index in [2.05, 4.69) is 0 Å². The van der Waals surface area contributed by atoms with Crippen LogP contribution in [0.1, 0.15) is 28.2 Å². The molecule has 3 rings (SSSR count). The van der Waals surface area contributed by atoms with Crippen LogP contribution in [0, 0.1) is 0 Å². The number of amides is 1. The minimum atomic E-state index is -0.0587. The number of thioether (sulfide) groups is 1. The highest BCUT2D eigenvalue weighted by Gasteiger charge is 2.34. The van der Waals surface area contributed by atoms with Crippen LogP contribution in [0.25, 0.3) is 0 Å². The number of ether oxygens (including phenoxy) is 1. The first-order valence-electron chi connectivity index (χ1n) is 7.29. The molecule has 1 aliphatic heterocycles. The maximum atomic E-state index is 12.3. The molecule has 118 valence electrons. The molecule has 1 saturated heterocycles. The molecule has 1 amide bonds. The van der Waals surface area contributed by atoms with E-state index in [0.29, 0.717) is 11.3 Å². The Kier molecular flexibility index (Phi) is 4.39. The molecule has 2 aromatic carbocycles. The van der Waals surface area contributed by atoms with Crippen molar-refractivity contribution in [1.82, 2.24) is 0 Å². The van der Waals surface area contributed by atoms with E-state index in [0.717, 1.165) is 17.0 Å². The maximum Gasteiger partial charge on any atom is 0.238 e. The molecule has 1 atom stereocenters. The quantitative estimate of drug-likeness (QED) is 0.804. The van der Waals surface area contributed by atoms with Gasteiger partial charge in [0.15, 0.2) is 5.78 Å². The van der Waals surface area contributed by atoms with Crippen molar-refractivity contribution in [2.45, 2.75) is 12.3 Å². The highest BCUT2D eigenvalue weighted by molar-refractivity contribution is 8.00. The first kappa shape index (κ1) is 15.6. The van der Waals surface area contributed by atoms with Gasteiger partial charge in [0.05, 0.1) is 12.9 Å². The number of Topliss-reactive ketones (excluding diaryl/α,β-unsaturated/α-hetero) is 1. The molecule has 0 spiro atoms. The zero-order valence-corrected chi connectivity index (χ0v) is 13.8. The molecule has 0 N–H and O–H groups in total. The molecular formula is C18H17NO3S. The molecule has 2 aromatic rings. The van der Waals surface area contributed by atoms with Gasteiger partial charge in [0.1, 0.15) is 11.1 Å². The van der Waals surface area contributed by atoms with Gasteiger partial charge in [-0.3, -0.25) is 14.5 Å². The van der Waals surface area contributed by atoms with Crippen molar-refractivity contribution in [2.75, 3.05) is 17.8 Å². The molecular weight excluding hydrogens is 310 g/mol. The number of hydrogen-bond donors (Lipinski definition) is 0. The lowest BCUT2D eigenvalue weighted by Crippen LogP contribution is -2.27. The van der Waals surface area contributed by atoms with Crippen LogP contribution in [-0.4, -0.2) is 24.6 Å². The lowest BCUT2D eigenvalue weighted by atomic mass is 10.1. The molecule has 0 aliphatic carbocycles. The molecule has 0 saturated carbocycles. The van der Waals surface area contributed by atoms with Gasteiger partial charge in [0, 0.05) is 11.3 Å². The number of anilines is 1. The van der Waals surface area contributed by atoms with Gasteiger partial charge in [0.25, 0.3) is 0 Å². The van der Waals surface area contributed by atoms with Crippen LogP contribution in [0.5, 0.6) is 5.75 Å². The van der Waals surface area contributed by atoms with Gasteiger partial charge in [-0.2, -0.15) is 0 Å². The van der Waals surface area contributed by atoms with Crippen LogP contribution in [0.4, 0.5) is 5.69 Å². The fourth-order valence-corrected chi connectivity index (χ4v) is 3.75. The summed E-state index contributed by atoms with van der Waals surface area (Å²) in [7, 11) is 1.63. The third kappa shape index (κ3) is 3.10. The molecule has 0 bridgehead atoms. The molecule has 0 radical (unpaired) electrons. The molecule has 1 fully saturated rings. The van der Waals surface area contributed by atoms with Crippen LogP contribution in [0.2, 0.25) is 0 Å². The Morgan fingerprint density at radius 1 is 1.13 bits per heavy atom. The topological polar surface area (TPSA) is 46.6 Å². The summed E-state index contributed by atoms with van der Waals surface area (Å²) in [5.41, 5.74) is 2.51. The van der Waals surface area contributed by atoms with E-state index >= 15 is 0 Å². The highest BCUT2D eigenvalue weighted by Crippen LogP contribution is 2.42. The van der Waals surface area contributed by atoms with Gasteiger partial charge in [-0.1, -0.05) is 12.1 Å². The minimum Gasteiger partial charge on any atom is -0.497 e. The van der Waals surface area contributed by atoms with Gasteiger partial charge in [-0.05, 0) is 48.9 Å². The SMILES string of the molecule is COc1ccc(C2SCC(=O)N2c2ccc(C(C)=O)cc2)cc1. The summed E-state index contributed by atoms with van der Waals surface area (Å²) in [6, 6.07) is 14.9. The van der Waals surface area contributed by atoms with E-state index in [-0.39, 0.29) is 17.1 Å². The largest absolute Gasteiger partial charge is 0.497 e. The Bertz CT molecular complexity index is 725. The van der Waals surface area contributed by atoms with Crippen molar-refractivity contribution in [3.05, 3.63) is 59.7 Å². The Morgan fingerprint density at radius 2 is 1.78 bits per heavy atom. The van der Waals surface area contributed by atoms with E-state index in [1.165, 1.54) is 6.92 Å². The first-order valence-corrected chi connectivity index (χ1v) is 8.33. The third-order valence-electron chi connectivity index (χ3n) is 3.82. The van der Waals surface area contributed by atoms with Gasteiger partial charge in [-0.15, -0.1) is 11.8 Å². The predicted octanol–water partition coefficient (Wildman–Crippen LogP) is 3.68. The summed E-state index contributed by atoms with van der Waals surface area (Å²) in [4.78, 5) is 25.5. The number of hydrogen-bond acceptors (Lipinski definition) is 4. The molecule has 5 heteroatoms. The lowest BCUT2D eigenvalue weighted by molar-refractivity contribution is -0.115. The van der Waals surface area contributed by atoms with Gasteiger partial charge < -0.3 is 4.74 Å². The minimum absolute atomic E-state index is 0.0189. The van der Waals surface area contributed by atoms with Crippen LogP contribution in [0.15, 0.2) is 48.5 Å².